The smallest absolute Gasteiger partial charge is 0.264 e. The minimum atomic E-state index is -3.94. The molecule has 0 radical (unpaired) electrons. The number of sulfonamides is 1. The van der Waals surface area contributed by atoms with E-state index in [1.54, 1.807) is 13.0 Å². The molecule has 2 aliphatic heterocycles. The molecule has 8 nitrogen and oxygen atoms in total. The Morgan fingerprint density at radius 1 is 1.12 bits per heavy atom. The summed E-state index contributed by atoms with van der Waals surface area (Å²) in [4.78, 5) is 15.9. The minimum absolute atomic E-state index is 0.135. The van der Waals surface area contributed by atoms with Crippen molar-refractivity contribution in [2.45, 2.75) is 114 Å². The van der Waals surface area contributed by atoms with Gasteiger partial charge in [0.05, 0.1) is 23.1 Å². The Balaban J connectivity index is 1.42. The standard InChI is InChI=1S/C39H56ClN3O5S/c1-4-28(9-7-19-41)22-39(45)18-5-8-26(2)27(3)49(46,47)42-37(44)30-12-16-36-35(21-30)43(23-31-11-14-34(31)39)24-38(25-48-36)17-6-10-29-20-32(40)13-15-33(29)38/h12-13,15-16,20-21,26-28,31,34,45H,4-11,14,17-19,22-25,41H2,1-3H3,(H,42,44)/t26-,27+,28-,31-,34+,38-,39+/m0/s1. The maximum atomic E-state index is 13.6. The van der Waals surface area contributed by atoms with Crippen LogP contribution in [0.4, 0.5) is 5.69 Å². The second-order valence-corrected chi connectivity index (χ2v) is 18.3. The van der Waals surface area contributed by atoms with Crippen molar-refractivity contribution in [3.05, 3.63) is 58.1 Å². The number of amides is 1. The van der Waals surface area contributed by atoms with Crippen LogP contribution in [0.25, 0.3) is 0 Å². The van der Waals surface area contributed by atoms with E-state index >= 15 is 0 Å². The molecule has 1 saturated carbocycles. The summed E-state index contributed by atoms with van der Waals surface area (Å²) >= 11 is 6.46. The number of carbonyl (C=O) groups excluding carboxylic acids is 1. The molecule has 4 aliphatic rings. The number of aryl methyl sites for hydroxylation is 1. The number of halogens is 1. The summed E-state index contributed by atoms with van der Waals surface area (Å²) in [6.07, 6.45) is 10.7. The number of ether oxygens (including phenoxy) is 1. The first-order valence-electron chi connectivity index (χ1n) is 18.7. The number of fused-ring (bicyclic) bond motifs is 4. The van der Waals surface area contributed by atoms with E-state index in [0.29, 0.717) is 49.8 Å². The summed E-state index contributed by atoms with van der Waals surface area (Å²) in [6, 6.07) is 11.5. The predicted molar refractivity (Wildman–Crippen MR) is 197 cm³/mol. The SMILES string of the molecule is CC[C@@H](CCCN)C[C@]1(O)CCC[C@H](C)[C@@H](C)S(=O)(=O)NC(=O)c2ccc3c(c2)N(C[C@@H]2CC[C@H]21)C[C@@]1(CCCc2cc(Cl)ccc21)CO3. The summed E-state index contributed by atoms with van der Waals surface area (Å²) in [6.45, 7) is 8.39. The molecular weight excluding hydrogens is 658 g/mol. The van der Waals surface area contributed by atoms with Gasteiger partial charge in [0.15, 0.2) is 0 Å². The van der Waals surface area contributed by atoms with Crippen molar-refractivity contribution in [1.82, 2.24) is 4.72 Å². The second kappa shape index (κ2) is 14.7. The van der Waals surface area contributed by atoms with Crippen molar-refractivity contribution in [1.29, 1.82) is 0 Å². The molecule has 10 heteroatoms. The third-order valence-electron chi connectivity index (χ3n) is 12.7. The van der Waals surface area contributed by atoms with Gasteiger partial charge in [-0.3, -0.25) is 4.79 Å². The highest BCUT2D eigenvalue weighted by atomic mass is 35.5. The first-order valence-corrected chi connectivity index (χ1v) is 20.6. The fourth-order valence-electron chi connectivity index (χ4n) is 9.38. The van der Waals surface area contributed by atoms with Gasteiger partial charge in [-0.05, 0) is 143 Å². The number of hydrogen-bond acceptors (Lipinski definition) is 7. The zero-order chi connectivity index (χ0) is 35.0. The third-order valence-corrected chi connectivity index (χ3v) is 14.8. The van der Waals surface area contributed by atoms with Gasteiger partial charge in [0.1, 0.15) is 5.75 Å². The van der Waals surface area contributed by atoms with Gasteiger partial charge in [-0.25, -0.2) is 13.1 Å². The van der Waals surface area contributed by atoms with Crippen LogP contribution in [0.15, 0.2) is 36.4 Å². The Bertz CT molecular complexity index is 1620. The van der Waals surface area contributed by atoms with Gasteiger partial charge in [-0.2, -0.15) is 0 Å². The molecule has 2 aliphatic carbocycles. The van der Waals surface area contributed by atoms with E-state index in [4.69, 9.17) is 22.1 Å². The van der Waals surface area contributed by atoms with Crippen molar-refractivity contribution in [2.75, 3.05) is 31.1 Å². The quantitative estimate of drug-likeness (QED) is 0.295. The third kappa shape index (κ3) is 7.51. The lowest BCUT2D eigenvalue weighted by Crippen LogP contribution is -2.53. The molecule has 2 heterocycles. The van der Waals surface area contributed by atoms with E-state index in [0.717, 1.165) is 81.5 Å². The lowest BCUT2D eigenvalue weighted by atomic mass is 9.60. The van der Waals surface area contributed by atoms with Crippen LogP contribution in [0.3, 0.4) is 0 Å². The first-order chi connectivity index (χ1) is 23.4. The Kier molecular flexibility index (Phi) is 11.0. The maximum Gasteiger partial charge on any atom is 0.264 e. The van der Waals surface area contributed by atoms with E-state index in [1.807, 2.05) is 25.1 Å². The van der Waals surface area contributed by atoms with Crippen LogP contribution in [-0.4, -0.2) is 56.5 Å². The minimum Gasteiger partial charge on any atom is -0.490 e. The summed E-state index contributed by atoms with van der Waals surface area (Å²) in [5.41, 5.74) is 8.41. The van der Waals surface area contributed by atoms with Crippen molar-refractivity contribution in [3.63, 3.8) is 0 Å². The van der Waals surface area contributed by atoms with Crippen LogP contribution in [0.2, 0.25) is 5.02 Å². The Morgan fingerprint density at radius 3 is 2.67 bits per heavy atom. The number of hydrogen-bond donors (Lipinski definition) is 3. The van der Waals surface area contributed by atoms with E-state index in [1.165, 1.54) is 11.1 Å². The largest absolute Gasteiger partial charge is 0.490 e. The normalized spacial score (nSPS) is 32.1. The second-order valence-electron chi connectivity index (χ2n) is 15.8. The number of nitrogens with one attached hydrogen (secondary N) is 1. The van der Waals surface area contributed by atoms with Crippen LogP contribution in [-0.2, 0) is 21.9 Å². The molecule has 0 unspecified atom stereocenters. The lowest BCUT2D eigenvalue weighted by Gasteiger charge is -2.51. The molecule has 4 N–H and O–H groups in total. The maximum absolute atomic E-state index is 13.6. The fraction of sp³-hybridized carbons (Fsp3) is 0.667. The molecular formula is C39H56ClN3O5S. The number of carbonyl (C=O) groups is 1. The monoisotopic (exact) mass is 713 g/mol. The highest BCUT2D eigenvalue weighted by Crippen LogP contribution is 2.50. The highest BCUT2D eigenvalue weighted by Gasteiger charge is 2.49. The van der Waals surface area contributed by atoms with Crippen LogP contribution in [0.5, 0.6) is 5.75 Å². The zero-order valence-corrected chi connectivity index (χ0v) is 31.1. The number of anilines is 1. The van der Waals surface area contributed by atoms with E-state index in [2.05, 4.69) is 28.7 Å². The van der Waals surface area contributed by atoms with Crippen LogP contribution in [0, 0.1) is 23.7 Å². The molecule has 2 aromatic carbocycles. The molecule has 49 heavy (non-hydrogen) atoms. The van der Waals surface area contributed by atoms with Gasteiger partial charge in [0.25, 0.3) is 5.91 Å². The summed E-state index contributed by atoms with van der Waals surface area (Å²) < 4.78 is 36.0. The first kappa shape index (κ1) is 36.5. The number of aliphatic hydroxyl groups is 1. The van der Waals surface area contributed by atoms with E-state index in [-0.39, 0.29) is 23.2 Å². The van der Waals surface area contributed by atoms with Crippen LogP contribution in [0.1, 0.15) is 113 Å². The van der Waals surface area contributed by atoms with Crippen molar-refractivity contribution in [3.8, 4) is 5.75 Å². The van der Waals surface area contributed by atoms with Crippen molar-refractivity contribution < 1.29 is 23.1 Å². The number of rotatable bonds is 6. The summed E-state index contributed by atoms with van der Waals surface area (Å²) in [5.74, 6) is 0.686. The average molecular weight is 714 g/mol. The number of nitrogens with zero attached hydrogens (tertiary/aromatic N) is 1. The Labute approximate surface area is 298 Å². The predicted octanol–water partition coefficient (Wildman–Crippen LogP) is 6.99. The number of benzene rings is 2. The van der Waals surface area contributed by atoms with Crippen molar-refractivity contribution in [2.24, 2.45) is 29.4 Å². The Hall–Kier alpha value is -2.33. The fourth-order valence-corrected chi connectivity index (χ4v) is 10.9. The molecule has 2 bridgehead atoms. The summed E-state index contributed by atoms with van der Waals surface area (Å²) in [5, 5.41) is 12.7. The zero-order valence-electron chi connectivity index (χ0n) is 29.6. The molecule has 6 rings (SSSR count). The van der Waals surface area contributed by atoms with Gasteiger partial charge >= 0.3 is 0 Å². The number of nitrogens with two attached hydrogens (primary N) is 1. The lowest BCUT2D eigenvalue weighted by molar-refractivity contribution is -0.104. The van der Waals surface area contributed by atoms with E-state index < -0.39 is 26.8 Å². The van der Waals surface area contributed by atoms with Crippen LogP contribution < -0.4 is 20.1 Å². The van der Waals surface area contributed by atoms with Crippen LogP contribution >= 0.6 is 11.6 Å². The summed E-state index contributed by atoms with van der Waals surface area (Å²) in [7, 11) is -3.94. The molecule has 2 aromatic rings. The van der Waals surface area contributed by atoms with Gasteiger partial charge in [-0.15, -0.1) is 0 Å². The van der Waals surface area contributed by atoms with Gasteiger partial charge in [0, 0.05) is 29.1 Å². The van der Waals surface area contributed by atoms with Gasteiger partial charge < -0.3 is 20.5 Å². The molecule has 270 valence electrons. The highest BCUT2D eigenvalue weighted by molar-refractivity contribution is 7.90. The topological polar surface area (TPSA) is 122 Å². The molecule has 1 fully saturated rings. The van der Waals surface area contributed by atoms with E-state index in [9.17, 15) is 18.3 Å². The van der Waals surface area contributed by atoms with Gasteiger partial charge in [0.2, 0.25) is 10.0 Å². The molecule has 1 spiro atoms. The molecule has 7 atom stereocenters. The Morgan fingerprint density at radius 2 is 1.94 bits per heavy atom. The molecule has 0 saturated heterocycles. The molecule has 0 aromatic heterocycles. The van der Waals surface area contributed by atoms with Crippen molar-refractivity contribution >= 4 is 33.2 Å². The van der Waals surface area contributed by atoms with Gasteiger partial charge in [-0.1, -0.05) is 44.4 Å². The molecule has 1 amide bonds. The average Bonchev–Trinajstić information content (AvgIpc) is 3.20.